The third-order valence-electron chi connectivity index (χ3n) is 2.71. The van der Waals surface area contributed by atoms with Crippen LogP contribution < -0.4 is 5.73 Å². The predicted octanol–water partition coefficient (Wildman–Crippen LogP) is 1.94. The molecule has 1 aliphatic rings. The Bertz CT molecular complexity index is 291. The maximum Gasteiger partial charge on any atom is 0.0979 e. The maximum absolute atomic E-state index is 6.06. The molecular formula is C11H14ClNO. The number of halogens is 1. The van der Waals surface area contributed by atoms with Crippen molar-refractivity contribution >= 4 is 11.6 Å². The molecule has 2 rings (SSSR count). The second-order valence-corrected chi connectivity index (χ2v) is 3.96. The summed E-state index contributed by atoms with van der Waals surface area (Å²) in [7, 11) is 0. The lowest BCUT2D eigenvalue weighted by Crippen LogP contribution is -2.31. The van der Waals surface area contributed by atoms with Gasteiger partial charge in [0.25, 0.3) is 0 Å². The smallest absolute Gasteiger partial charge is 0.0979 e. The lowest BCUT2D eigenvalue weighted by atomic mass is 9.97. The van der Waals surface area contributed by atoms with Crippen molar-refractivity contribution in [2.24, 2.45) is 11.7 Å². The first-order valence-corrected chi connectivity index (χ1v) is 5.34. The normalized spacial score (nSPS) is 32.0. The molecule has 0 aliphatic carbocycles. The van der Waals surface area contributed by atoms with Crippen LogP contribution in [0.15, 0.2) is 30.3 Å². The van der Waals surface area contributed by atoms with Crippen LogP contribution >= 0.6 is 11.6 Å². The molecule has 0 bridgehead atoms. The van der Waals surface area contributed by atoms with Gasteiger partial charge in [0.2, 0.25) is 0 Å². The van der Waals surface area contributed by atoms with Gasteiger partial charge >= 0.3 is 0 Å². The lowest BCUT2D eigenvalue weighted by molar-refractivity contribution is 0.103. The summed E-state index contributed by atoms with van der Waals surface area (Å²) < 4.78 is 5.65. The first-order valence-electron chi connectivity index (χ1n) is 4.81. The van der Waals surface area contributed by atoms with Gasteiger partial charge in [-0.3, -0.25) is 0 Å². The van der Waals surface area contributed by atoms with E-state index >= 15 is 0 Å². The Labute approximate surface area is 89.0 Å². The van der Waals surface area contributed by atoms with E-state index in [4.69, 9.17) is 22.1 Å². The molecule has 0 aromatic heterocycles. The van der Waals surface area contributed by atoms with Gasteiger partial charge < -0.3 is 10.5 Å². The minimum absolute atomic E-state index is 0.0138. The molecule has 0 spiro atoms. The van der Waals surface area contributed by atoms with Crippen LogP contribution in [0.25, 0.3) is 0 Å². The van der Waals surface area contributed by atoms with Crippen LogP contribution in [-0.2, 0) is 4.74 Å². The summed E-state index contributed by atoms with van der Waals surface area (Å²) >= 11 is 5.80. The van der Waals surface area contributed by atoms with E-state index in [1.54, 1.807) is 0 Å². The third kappa shape index (κ3) is 1.78. The molecule has 14 heavy (non-hydrogen) atoms. The van der Waals surface area contributed by atoms with E-state index in [9.17, 15) is 0 Å². The van der Waals surface area contributed by atoms with Crippen molar-refractivity contribution in [3.63, 3.8) is 0 Å². The van der Waals surface area contributed by atoms with Crippen molar-refractivity contribution in [1.82, 2.24) is 0 Å². The Kier molecular flexibility index (Phi) is 3.06. The van der Waals surface area contributed by atoms with E-state index in [0.29, 0.717) is 12.5 Å². The van der Waals surface area contributed by atoms with Gasteiger partial charge in [0.15, 0.2) is 0 Å². The van der Waals surface area contributed by atoms with Crippen LogP contribution in [-0.4, -0.2) is 18.5 Å². The highest BCUT2D eigenvalue weighted by molar-refractivity contribution is 6.18. The van der Waals surface area contributed by atoms with E-state index in [1.807, 2.05) is 30.3 Å². The van der Waals surface area contributed by atoms with Gasteiger partial charge in [-0.15, -0.1) is 11.6 Å². The summed E-state index contributed by atoms with van der Waals surface area (Å²) in [4.78, 5) is 0. The average Bonchev–Trinajstić information content (AvgIpc) is 2.61. The van der Waals surface area contributed by atoms with E-state index < -0.39 is 0 Å². The summed E-state index contributed by atoms with van der Waals surface area (Å²) in [6, 6.07) is 10.1. The SMILES string of the molecule is N[C@H]1[C@@H](CCl)CO[C@@H]1c1ccccc1. The molecule has 0 radical (unpaired) electrons. The molecule has 3 atom stereocenters. The largest absolute Gasteiger partial charge is 0.371 e. The van der Waals surface area contributed by atoms with Gasteiger partial charge in [-0.2, -0.15) is 0 Å². The number of benzene rings is 1. The highest BCUT2D eigenvalue weighted by Crippen LogP contribution is 2.31. The first-order chi connectivity index (χ1) is 6.83. The van der Waals surface area contributed by atoms with E-state index in [0.717, 1.165) is 5.56 Å². The Morgan fingerprint density at radius 1 is 1.36 bits per heavy atom. The molecule has 1 aromatic rings. The second kappa shape index (κ2) is 4.30. The first kappa shape index (κ1) is 9.97. The number of nitrogens with two attached hydrogens (primary N) is 1. The molecular weight excluding hydrogens is 198 g/mol. The maximum atomic E-state index is 6.06. The van der Waals surface area contributed by atoms with Crippen molar-refractivity contribution in [1.29, 1.82) is 0 Å². The van der Waals surface area contributed by atoms with E-state index in [-0.39, 0.29) is 18.1 Å². The number of hydrogen-bond acceptors (Lipinski definition) is 2. The van der Waals surface area contributed by atoms with Crippen LogP contribution in [0.4, 0.5) is 0 Å². The monoisotopic (exact) mass is 211 g/mol. The Morgan fingerprint density at radius 3 is 2.64 bits per heavy atom. The molecule has 1 heterocycles. The predicted molar refractivity (Wildman–Crippen MR) is 57.3 cm³/mol. The molecule has 0 saturated carbocycles. The zero-order chi connectivity index (χ0) is 9.97. The van der Waals surface area contributed by atoms with Crippen molar-refractivity contribution in [2.45, 2.75) is 12.1 Å². The third-order valence-corrected chi connectivity index (χ3v) is 3.11. The van der Waals surface area contributed by atoms with Crippen LogP contribution in [0.1, 0.15) is 11.7 Å². The van der Waals surface area contributed by atoms with Crippen LogP contribution in [0.3, 0.4) is 0 Å². The number of hydrogen-bond donors (Lipinski definition) is 1. The molecule has 76 valence electrons. The minimum Gasteiger partial charge on any atom is -0.371 e. The zero-order valence-corrected chi connectivity index (χ0v) is 8.65. The number of alkyl halides is 1. The highest BCUT2D eigenvalue weighted by atomic mass is 35.5. The quantitative estimate of drug-likeness (QED) is 0.759. The molecule has 0 unspecified atom stereocenters. The summed E-state index contributed by atoms with van der Waals surface area (Å²) in [5, 5.41) is 0. The minimum atomic E-state index is 0.0138. The molecule has 1 aromatic carbocycles. The van der Waals surface area contributed by atoms with E-state index in [1.165, 1.54) is 0 Å². The fraction of sp³-hybridized carbons (Fsp3) is 0.455. The molecule has 1 fully saturated rings. The fourth-order valence-corrected chi connectivity index (χ4v) is 2.10. The topological polar surface area (TPSA) is 35.2 Å². The van der Waals surface area contributed by atoms with Gasteiger partial charge in [-0.05, 0) is 5.56 Å². The molecule has 3 heteroatoms. The van der Waals surface area contributed by atoms with Gasteiger partial charge in [0.05, 0.1) is 12.7 Å². The molecule has 2 N–H and O–H groups in total. The number of ether oxygens (including phenoxy) is 1. The fourth-order valence-electron chi connectivity index (χ4n) is 1.81. The summed E-state index contributed by atoms with van der Waals surface area (Å²) in [5.74, 6) is 0.853. The second-order valence-electron chi connectivity index (χ2n) is 3.66. The van der Waals surface area contributed by atoms with Gasteiger partial charge in [0, 0.05) is 17.8 Å². The summed E-state index contributed by atoms with van der Waals surface area (Å²) in [6.45, 7) is 0.671. The van der Waals surface area contributed by atoms with Crippen LogP contribution in [0.2, 0.25) is 0 Å². The van der Waals surface area contributed by atoms with E-state index in [2.05, 4.69) is 0 Å². The lowest BCUT2D eigenvalue weighted by Gasteiger charge is -2.17. The Balaban J connectivity index is 2.14. The van der Waals surface area contributed by atoms with Crippen molar-refractivity contribution in [3.05, 3.63) is 35.9 Å². The van der Waals surface area contributed by atoms with Gasteiger partial charge in [-0.1, -0.05) is 30.3 Å². The summed E-state index contributed by atoms with van der Waals surface area (Å²) in [5.41, 5.74) is 7.20. The Hall–Kier alpha value is -0.570. The molecule has 2 nitrogen and oxygen atoms in total. The highest BCUT2D eigenvalue weighted by Gasteiger charge is 2.34. The average molecular weight is 212 g/mol. The summed E-state index contributed by atoms with van der Waals surface area (Å²) in [6.07, 6.45) is 0.0138. The van der Waals surface area contributed by atoms with Crippen LogP contribution in [0.5, 0.6) is 0 Å². The molecule has 1 saturated heterocycles. The molecule has 1 aliphatic heterocycles. The van der Waals surface area contributed by atoms with Crippen molar-refractivity contribution in [3.8, 4) is 0 Å². The van der Waals surface area contributed by atoms with Crippen molar-refractivity contribution < 1.29 is 4.74 Å². The zero-order valence-electron chi connectivity index (χ0n) is 7.90. The van der Waals surface area contributed by atoms with Gasteiger partial charge in [-0.25, -0.2) is 0 Å². The van der Waals surface area contributed by atoms with Crippen LogP contribution in [0, 0.1) is 5.92 Å². The number of rotatable bonds is 2. The van der Waals surface area contributed by atoms with Gasteiger partial charge in [0.1, 0.15) is 0 Å². The standard InChI is InChI=1S/C11H14ClNO/c12-6-9-7-14-11(10(9)13)8-4-2-1-3-5-8/h1-5,9-11H,6-7,13H2/t9-,10-,11+/m0/s1. The molecule has 0 amide bonds. The Morgan fingerprint density at radius 2 is 2.07 bits per heavy atom. The van der Waals surface area contributed by atoms with Crippen molar-refractivity contribution in [2.75, 3.05) is 12.5 Å².